The second-order valence-corrected chi connectivity index (χ2v) is 6.61. The van der Waals surface area contributed by atoms with Gasteiger partial charge in [0.05, 0.1) is 12.7 Å². The van der Waals surface area contributed by atoms with Crippen LogP contribution >= 0.6 is 0 Å². The van der Waals surface area contributed by atoms with Crippen LogP contribution in [-0.2, 0) is 9.53 Å². The highest BCUT2D eigenvalue weighted by molar-refractivity contribution is 5.91. The molecule has 2 heteroatoms. The minimum absolute atomic E-state index is 0.125. The first-order valence-electron chi connectivity index (χ1n) is 6.29. The lowest BCUT2D eigenvalue weighted by Gasteiger charge is -2.53. The summed E-state index contributed by atoms with van der Waals surface area (Å²) >= 11 is 0. The van der Waals surface area contributed by atoms with Crippen molar-refractivity contribution in [1.29, 1.82) is 0 Å². The SMILES string of the molecule is CC12CCC(C1)C(C)(C)C21CC(=O)C=CO1. The van der Waals surface area contributed by atoms with Crippen molar-refractivity contribution < 1.29 is 9.53 Å². The van der Waals surface area contributed by atoms with E-state index >= 15 is 0 Å². The van der Waals surface area contributed by atoms with Crippen LogP contribution in [0.3, 0.4) is 0 Å². The quantitative estimate of drug-likeness (QED) is 0.627. The Hall–Kier alpha value is -0.790. The molecule has 2 saturated carbocycles. The first-order chi connectivity index (χ1) is 7.41. The Bertz CT molecular complexity index is 375. The molecule has 3 atom stereocenters. The molecule has 0 saturated heterocycles. The third kappa shape index (κ3) is 0.922. The fourth-order valence-electron chi connectivity index (χ4n) is 4.64. The standard InChI is InChI=1S/C14H20O2/c1-12(2)10-4-6-13(3,8-10)14(12)9-11(15)5-7-16-14/h5,7,10H,4,6,8-9H2,1-3H3. The van der Waals surface area contributed by atoms with Crippen molar-refractivity contribution in [1.82, 2.24) is 0 Å². The van der Waals surface area contributed by atoms with E-state index in [-0.39, 0.29) is 22.2 Å². The molecular formula is C14H20O2. The third-order valence-electron chi connectivity index (χ3n) is 5.72. The van der Waals surface area contributed by atoms with Crippen molar-refractivity contribution in [2.24, 2.45) is 16.7 Å². The van der Waals surface area contributed by atoms with Gasteiger partial charge in [0.2, 0.25) is 0 Å². The lowest BCUT2D eigenvalue weighted by molar-refractivity contribution is -0.166. The Morgan fingerprint density at radius 2 is 2.12 bits per heavy atom. The smallest absolute Gasteiger partial charge is 0.162 e. The second-order valence-electron chi connectivity index (χ2n) is 6.61. The Kier molecular flexibility index (Phi) is 1.76. The molecule has 0 aromatic rings. The Labute approximate surface area is 97.1 Å². The van der Waals surface area contributed by atoms with Crippen molar-refractivity contribution in [3.8, 4) is 0 Å². The van der Waals surface area contributed by atoms with Crippen LogP contribution in [0.15, 0.2) is 12.3 Å². The number of fused-ring (bicyclic) bond motifs is 3. The molecule has 16 heavy (non-hydrogen) atoms. The van der Waals surface area contributed by atoms with Crippen molar-refractivity contribution in [3.63, 3.8) is 0 Å². The molecular weight excluding hydrogens is 200 g/mol. The average Bonchev–Trinajstić information content (AvgIpc) is 2.66. The molecule has 0 amide bonds. The van der Waals surface area contributed by atoms with Crippen LogP contribution in [0.2, 0.25) is 0 Å². The van der Waals surface area contributed by atoms with Gasteiger partial charge in [0.25, 0.3) is 0 Å². The van der Waals surface area contributed by atoms with E-state index in [1.165, 1.54) is 19.3 Å². The van der Waals surface area contributed by atoms with Gasteiger partial charge in [-0.15, -0.1) is 0 Å². The summed E-state index contributed by atoms with van der Waals surface area (Å²) in [5, 5.41) is 0. The van der Waals surface area contributed by atoms with E-state index in [4.69, 9.17) is 4.74 Å². The first kappa shape index (κ1) is 10.4. The zero-order valence-electron chi connectivity index (χ0n) is 10.4. The normalized spacial score (nSPS) is 48.7. The number of rotatable bonds is 0. The van der Waals surface area contributed by atoms with Gasteiger partial charge in [-0.1, -0.05) is 20.8 Å². The van der Waals surface area contributed by atoms with E-state index in [0.29, 0.717) is 6.42 Å². The van der Waals surface area contributed by atoms with Gasteiger partial charge in [-0.3, -0.25) is 4.79 Å². The molecule has 2 nitrogen and oxygen atoms in total. The highest BCUT2D eigenvalue weighted by Gasteiger charge is 2.71. The molecule has 0 radical (unpaired) electrons. The van der Waals surface area contributed by atoms with Gasteiger partial charge in [-0.25, -0.2) is 0 Å². The number of ketones is 1. The molecule has 1 aliphatic heterocycles. The summed E-state index contributed by atoms with van der Waals surface area (Å²) < 4.78 is 6.05. The van der Waals surface area contributed by atoms with Gasteiger partial charge in [-0.05, 0) is 25.2 Å². The monoisotopic (exact) mass is 220 g/mol. The fourth-order valence-corrected chi connectivity index (χ4v) is 4.64. The summed E-state index contributed by atoms with van der Waals surface area (Å²) in [6.07, 6.45) is 7.52. The zero-order valence-corrected chi connectivity index (χ0v) is 10.4. The van der Waals surface area contributed by atoms with Crippen LogP contribution in [0, 0.1) is 16.7 Å². The van der Waals surface area contributed by atoms with E-state index < -0.39 is 0 Å². The predicted molar refractivity (Wildman–Crippen MR) is 61.8 cm³/mol. The Balaban J connectivity index is 2.11. The number of allylic oxidation sites excluding steroid dienone is 1. The van der Waals surface area contributed by atoms with Crippen molar-refractivity contribution >= 4 is 5.78 Å². The van der Waals surface area contributed by atoms with Gasteiger partial charge in [0, 0.05) is 16.9 Å². The minimum Gasteiger partial charge on any atom is -0.493 e. The van der Waals surface area contributed by atoms with E-state index in [0.717, 1.165) is 5.92 Å². The van der Waals surface area contributed by atoms with Crippen LogP contribution in [0.5, 0.6) is 0 Å². The van der Waals surface area contributed by atoms with Gasteiger partial charge in [0.1, 0.15) is 5.60 Å². The van der Waals surface area contributed by atoms with E-state index in [1.807, 2.05) is 0 Å². The number of hydrogen-bond acceptors (Lipinski definition) is 2. The third-order valence-corrected chi connectivity index (χ3v) is 5.72. The molecule has 1 heterocycles. The summed E-state index contributed by atoms with van der Waals surface area (Å²) in [5.74, 6) is 0.949. The molecule has 3 rings (SSSR count). The lowest BCUT2D eigenvalue weighted by Crippen LogP contribution is -2.57. The molecule has 1 spiro atoms. The van der Waals surface area contributed by atoms with E-state index in [9.17, 15) is 4.79 Å². The van der Waals surface area contributed by atoms with Crippen LogP contribution in [0.4, 0.5) is 0 Å². The predicted octanol–water partition coefficient (Wildman–Crippen LogP) is 3.07. The number of carbonyl (C=O) groups is 1. The Morgan fingerprint density at radius 3 is 2.69 bits per heavy atom. The maximum Gasteiger partial charge on any atom is 0.162 e. The van der Waals surface area contributed by atoms with Gasteiger partial charge >= 0.3 is 0 Å². The topological polar surface area (TPSA) is 26.3 Å². The van der Waals surface area contributed by atoms with Crippen molar-refractivity contribution in [3.05, 3.63) is 12.3 Å². The maximum atomic E-state index is 11.8. The number of carbonyl (C=O) groups excluding carboxylic acids is 1. The summed E-state index contributed by atoms with van der Waals surface area (Å²) in [5.41, 5.74) is 0.0801. The Morgan fingerprint density at radius 1 is 1.38 bits per heavy atom. The molecule has 2 bridgehead atoms. The molecule has 0 aromatic heterocycles. The molecule has 3 unspecified atom stereocenters. The van der Waals surface area contributed by atoms with Gasteiger partial charge in [0.15, 0.2) is 5.78 Å². The molecule has 0 aromatic carbocycles. The van der Waals surface area contributed by atoms with E-state index in [2.05, 4.69) is 20.8 Å². The summed E-state index contributed by atoms with van der Waals surface area (Å²) in [6, 6.07) is 0. The summed E-state index contributed by atoms with van der Waals surface area (Å²) in [4.78, 5) is 11.8. The summed E-state index contributed by atoms with van der Waals surface area (Å²) in [7, 11) is 0. The lowest BCUT2D eigenvalue weighted by atomic mass is 9.58. The van der Waals surface area contributed by atoms with Crippen LogP contribution in [0.1, 0.15) is 46.5 Å². The van der Waals surface area contributed by atoms with Crippen LogP contribution in [0.25, 0.3) is 0 Å². The highest BCUT2D eigenvalue weighted by atomic mass is 16.5. The highest BCUT2D eigenvalue weighted by Crippen LogP contribution is 2.71. The maximum absolute atomic E-state index is 11.8. The second kappa shape index (κ2) is 2.72. The minimum atomic E-state index is -0.241. The average molecular weight is 220 g/mol. The number of hydrogen-bond donors (Lipinski definition) is 0. The van der Waals surface area contributed by atoms with Gasteiger partial charge in [-0.2, -0.15) is 0 Å². The largest absolute Gasteiger partial charge is 0.493 e. The van der Waals surface area contributed by atoms with Crippen molar-refractivity contribution in [2.45, 2.75) is 52.1 Å². The molecule has 2 aliphatic carbocycles. The van der Waals surface area contributed by atoms with Crippen molar-refractivity contribution in [2.75, 3.05) is 0 Å². The molecule has 3 aliphatic rings. The summed E-state index contributed by atoms with van der Waals surface area (Å²) in [6.45, 7) is 6.89. The van der Waals surface area contributed by atoms with Crippen LogP contribution < -0.4 is 0 Å². The molecule has 88 valence electrons. The van der Waals surface area contributed by atoms with Crippen LogP contribution in [-0.4, -0.2) is 11.4 Å². The molecule has 2 fully saturated rings. The van der Waals surface area contributed by atoms with Gasteiger partial charge < -0.3 is 4.74 Å². The number of ether oxygens (including phenoxy) is 1. The van der Waals surface area contributed by atoms with E-state index in [1.54, 1.807) is 12.3 Å². The first-order valence-corrected chi connectivity index (χ1v) is 6.29. The molecule has 0 N–H and O–H groups in total. The fraction of sp³-hybridized carbons (Fsp3) is 0.786. The zero-order chi connectivity index (χ0) is 11.6.